The lowest BCUT2D eigenvalue weighted by Crippen LogP contribution is -2.60. The number of fused-ring (bicyclic) bond motifs is 1. The average Bonchev–Trinajstić information content (AvgIpc) is 2.61. The summed E-state index contributed by atoms with van der Waals surface area (Å²) in [5.41, 5.74) is 3.11. The van der Waals surface area contributed by atoms with Crippen molar-refractivity contribution in [1.29, 1.82) is 0 Å². The lowest BCUT2D eigenvalue weighted by atomic mass is 9.96. The summed E-state index contributed by atoms with van der Waals surface area (Å²) in [6, 6.07) is 6.51. The molecule has 0 radical (unpaired) electrons. The Bertz CT molecular complexity index is 711. The number of morpholine rings is 1. The monoisotopic (exact) mass is 373 g/mol. The van der Waals surface area contributed by atoms with Crippen LogP contribution in [0.1, 0.15) is 43.6 Å². The number of rotatable bonds is 2. The molecule has 2 unspecified atom stereocenters. The Balaban J connectivity index is 1.65. The molecule has 2 saturated heterocycles. The van der Waals surface area contributed by atoms with Gasteiger partial charge in [0.1, 0.15) is 5.60 Å². The van der Waals surface area contributed by atoms with E-state index in [0.29, 0.717) is 19.7 Å². The van der Waals surface area contributed by atoms with Crippen LogP contribution in [0.3, 0.4) is 0 Å². The molecule has 0 aromatic heterocycles. The average molecular weight is 373 g/mol. The van der Waals surface area contributed by atoms with Gasteiger partial charge in [0.15, 0.2) is 0 Å². The Labute approximate surface area is 162 Å². The van der Waals surface area contributed by atoms with E-state index in [1.54, 1.807) is 11.9 Å². The van der Waals surface area contributed by atoms with Crippen molar-refractivity contribution >= 4 is 12.3 Å². The highest BCUT2D eigenvalue weighted by Crippen LogP contribution is 2.30. The lowest BCUT2D eigenvalue weighted by molar-refractivity contribution is -0.0908. The summed E-state index contributed by atoms with van der Waals surface area (Å²) in [5, 5.41) is 0. The number of carbonyl (C=O) groups is 1. The minimum Gasteiger partial charge on any atom is -0.444 e. The van der Waals surface area contributed by atoms with E-state index in [1.165, 1.54) is 11.1 Å². The Morgan fingerprint density at radius 2 is 2.07 bits per heavy atom. The maximum Gasteiger partial charge on any atom is 0.410 e. The first-order valence-corrected chi connectivity index (χ1v) is 9.63. The van der Waals surface area contributed by atoms with Gasteiger partial charge >= 0.3 is 6.09 Å². The van der Waals surface area contributed by atoms with Gasteiger partial charge in [-0.3, -0.25) is 9.89 Å². The third kappa shape index (κ3) is 4.68. The van der Waals surface area contributed by atoms with Crippen LogP contribution in [0.4, 0.5) is 4.79 Å². The number of aliphatic imine (C=N–C) groups is 1. The molecule has 3 rings (SSSR count). The number of hydrogen-bond acceptors (Lipinski definition) is 5. The fourth-order valence-electron chi connectivity index (χ4n) is 3.76. The molecule has 2 fully saturated rings. The van der Waals surface area contributed by atoms with E-state index in [4.69, 9.17) is 9.47 Å². The second kappa shape index (κ2) is 7.98. The highest BCUT2D eigenvalue weighted by Gasteiger charge is 2.37. The van der Waals surface area contributed by atoms with Crippen LogP contribution in [0.2, 0.25) is 0 Å². The quantitative estimate of drug-likeness (QED) is 0.748. The summed E-state index contributed by atoms with van der Waals surface area (Å²) in [7, 11) is 1.79. The van der Waals surface area contributed by atoms with E-state index < -0.39 is 5.60 Å². The first-order valence-electron chi connectivity index (χ1n) is 9.63. The number of hydrogen-bond donors (Lipinski definition) is 0. The Morgan fingerprint density at radius 1 is 1.30 bits per heavy atom. The van der Waals surface area contributed by atoms with Gasteiger partial charge in [-0.15, -0.1) is 0 Å². The highest BCUT2D eigenvalue weighted by atomic mass is 16.6. The molecule has 0 bridgehead atoms. The van der Waals surface area contributed by atoms with Gasteiger partial charge in [-0.1, -0.05) is 18.2 Å². The molecule has 0 aliphatic carbocycles. The van der Waals surface area contributed by atoms with Crippen LogP contribution in [0, 0.1) is 6.92 Å². The molecule has 0 spiro atoms. The van der Waals surface area contributed by atoms with Crippen LogP contribution in [0.25, 0.3) is 0 Å². The van der Waals surface area contributed by atoms with Crippen LogP contribution < -0.4 is 0 Å². The molecule has 148 valence electrons. The third-order valence-electron chi connectivity index (χ3n) is 5.18. The maximum atomic E-state index is 12.3. The largest absolute Gasteiger partial charge is 0.444 e. The predicted molar refractivity (Wildman–Crippen MR) is 107 cm³/mol. The summed E-state index contributed by atoms with van der Waals surface area (Å²) >= 11 is 0. The molecule has 1 aromatic rings. The number of piperazine rings is 1. The van der Waals surface area contributed by atoms with Gasteiger partial charge in [-0.25, -0.2) is 4.79 Å². The first-order chi connectivity index (χ1) is 12.8. The SMILES string of the molecule is CN=Cc1cccc(C2CN3CCN(C(=O)OC(C)(C)C)CC3CO2)c1C. The molecular formula is C21H31N3O3. The van der Waals surface area contributed by atoms with Gasteiger partial charge in [0, 0.05) is 39.4 Å². The highest BCUT2D eigenvalue weighted by molar-refractivity contribution is 5.82. The number of ether oxygens (including phenoxy) is 2. The molecule has 6 heteroatoms. The normalized spacial score (nSPS) is 24.1. The van der Waals surface area contributed by atoms with Crippen LogP contribution in [0.5, 0.6) is 0 Å². The van der Waals surface area contributed by atoms with Crippen LogP contribution >= 0.6 is 0 Å². The Kier molecular flexibility index (Phi) is 5.86. The van der Waals surface area contributed by atoms with Crippen molar-refractivity contribution in [2.75, 3.05) is 39.8 Å². The van der Waals surface area contributed by atoms with Gasteiger partial charge in [0.25, 0.3) is 0 Å². The van der Waals surface area contributed by atoms with Gasteiger partial charge in [-0.2, -0.15) is 0 Å². The van der Waals surface area contributed by atoms with Gasteiger partial charge < -0.3 is 14.4 Å². The Morgan fingerprint density at radius 3 is 2.78 bits per heavy atom. The second-order valence-electron chi connectivity index (χ2n) is 8.35. The van der Waals surface area contributed by atoms with Crippen LogP contribution in [-0.4, -0.2) is 73.6 Å². The molecule has 2 aliphatic heterocycles. The Hall–Kier alpha value is -1.92. The van der Waals surface area contributed by atoms with E-state index >= 15 is 0 Å². The van der Waals surface area contributed by atoms with E-state index in [1.807, 2.05) is 27.0 Å². The number of benzene rings is 1. The number of nitrogens with zero attached hydrogens (tertiary/aromatic N) is 3. The molecule has 6 nitrogen and oxygen atoms in total. The van der Waals surface area contributed by atoms with Gasteiger partial charge in [0.05, 0.1) is 18.8 Å². The summed E-state index contributed by atoms with van der Waals surface area (Å²) in [4.78, 5) is 20.7. The summed E-state index contributed by atoms with van der Waals surface area (Å²) < 4.78 is 11.7. The van der Waals surface area contributed by atoms with Crippen LogP contribution in [0.15, 0.2) is 23.2 Å². The predicted octanol–water partition coefficient (Wildman–Crippen LogP) is 3.04. The van der Waals surface area contributed by atoms with Crippen molar-refractivity contribution in [2.24, 2.45) is 4.99 Å². The van der Waals surface area contributed by atoms with Crippen molar-refractivity contribution in [2.45, 2.75) is 45.4 Å². The molecule has 27 heavy (non-hydrogen) atoms. The number of amides is 1. The van der Waals surface area contributed by atoms with E-state index in [-0.39, 0.29) is 18.2 Å². The summed E-state index contributed by atoms with van der Waals surface area (Å²) in [6.07, 6.45) is 1.72. The van der Waals surface area contributed by atoms with Crippen molar-refractivity contribution in [3.05, 3.63) is 34.9 Å². The fourth-order valence-corrected chi connectivity index (χ4v) is 3.76. The second-order valence-corrected chi connectivity index (χ2v) is 8.35. The molecular weight excluding hydrogens is 342 g/mol. The fraction of sp³-hybridized carbons (Fsp3) is 0.619. The zero-order valence-electron chi connectivity index (χ0n) is 17.1. The van der Waals surface area contributed by atoms with E-state index in [2.05, 4.69) is 35.0 Å². The van der Waals surface area contributed by atoms with E-state index in [9.17, 15) is 4.79 Å². The molecule has 0 N–H and O–H groups in total. The van der Waals surface area contributed by atoms with Crippen LogP contribution in [-0.2, 0) is 9.47 Å². The van der Waals surface area contributed by atoms with Crippen molar-refractivity contribution in [3.8, 4) is 0 Å². The topological polar surface area (TPSA) is 54.4 Å². The minimum atomic E-state index is -0.466. The number of carbonyl (C=O) groups excluding carboxylic acids is 1. The molecule has 1 amide bonds. The maximum absolute atomic E-state index is 12.3. The molecule has 2 aliphatic rings. The molecule has 1 aromatic carbocycles. The summed E-state index contributed by atoms with van der Waals surface area (Å²) in [5.74, 6) is 0. The van der Waals surface area contributed by atoms with Crippen molar-refractivity contribution < 1.29 is 14.3 Å². The lowest BCUT2D eigenvalue weighted by Gasteiger charge is -2.46. The molecule has 0 saturated carbocycles. The zero-order chi connectivity index (χ0) is 19.6. The smallest absolute Gasteiger partial charge is 0.410 e. The summed E-state index contributed by atoms with van der Waals surface area (Å²) in [6.45, 7) is 11.5. The van der Waals surface area contributed by atoms with Gasteiger partial charge in [-0.05, 0) is 44.4 Å². The molecule has 2 heterocycles. The first kappa shape index (κ1) is 19.8. The van der Waals surface area contributed by atoms with Crippen molar-refractivity contribution in [1.82, 2.24) is 9.80 Å². The molecule has 2 atom stereocenters. The van der Waals surface area contributed by atoms with Crippen molar-refractivity contribution in [3.63, 3.8) is 0 Å². The minimum absolute atomic E-state index is 0.0551. The standard InChI is InChI=1S/C21H31N3O3/c1-15-16(11-22-5)7-6-8-18(15)19-13-23-9-10-24(12-17(23)14-26-19)20(25)27-21(2,3)4/h6-8,11,17,19H,9-10,12-14H2,1-5H3. The third-order valence-corrected chi connectivity index (χ3v) is 5.18. The van der Waals surface area contributed by atoms with E-state index in [0.717, 1.165) is 18.7 Å². The zero-order valence-corrected chi connectivity index (χ0v) is 17.1. The van der Waals surface area contributed by atoms with Gasteiger partial charge in [0.2, 0.25) is 0 Å².